The zero-order valence-corrected chi connectivity index (χ0v) is 20.0. The van der Waals surface area contributed by atoms with Crippen LogP contribution >= 0.6 is 11.3 Å². The number of amides is 1. The zero-order valence-electron chi connectivity index (χ0n) is 19.1. The number of fused-ring (bicyclic) bond motifs is 1. The summed E-state index contributed by atoms with van der Waals surface area (Å²) >= 11 is 1.29. The summed E-state index contributed by atoms with van der Waals surface area (Å²) in [6.07, 6.45) is 5.17. The lowest BCUT2D eigenvalue weighted by atomic mass is 9.95. The third-order valence-corrected chi connectivity index (χ3v) is 6.67. The maximum Gasteiger partial charge on any atom is 0.271 e. The van der Waals surface area contributed by atoms with Crippen LogP contribution in [0.2, 0.25) is 0 Å². The maximum atomic E-state index is 13.7. The van der Waals surface area contributed by atoms with E-state index >= 15 is 0 Å². The lowest BCUT2D eigenvalue weighted by Crippen LogP contribution is -2.40. The van der Waals surface area contributed by atoms with Gasteiger partial charge in [0.1, 0.15) is 5.75 Å². The molecule has 0 radical (unpaired) electrons. The van der Waals surface area contributed by atoms with E-state index in [0.29, 0.717) is 32.0 Å². The maximum absolute atomic E-state index is 13.7. The first kappa shape index (κ1) is 22.5. The van der Waals surface area contributed by atoms with Gasteiger partial charge in [-0.1, -0.05) is 47.7 Å². The monoisotopic (exact) mass is 482 g/mol. The molecule has 8 heteroatoms. The van der Waals surface area contributed by atoms with Crippen LogP contribution in [0, 0.1) is 0 Å². The van der Waals surface area contributed by atoms with Gasteiger partial charge < -0.3 is 10.1 Å². The Labute approximate surface area is 205 Å². The van der Waals surface area contributed by atoms with Gasteiger partial charge in [-0.25, -0.2) is 4.99 Å². The minimum atomic E-state index is -0.666. The van der Waals surface area contributed by atoms with E-state index in [1.165, 1.54) is 11.3 Å². The molecule has 3 heterocycles. The van der Waals surface area contributed by atoms with Crippen molar-refractivity contribution < 1.29 is 9.53 Å². The summed E-state index contributed by atoms with van der Waals surface area (Å²) in [5, 5.41) is 2.95. The van der Waals surface area contributed by atoms with Crippen molar-refractivity contribution in [2.75, 3.05) is 12.4 Å². The van der Waals surface area contributed by atoms with E-state index in [4.69, 9.17) is 4.74 Å². The minimum Gasteiger partial charge on any atom is -0.497 e. The van der Waals surface area contributed by atoms with Gasteiger partial charge in [0.15, 0.2) is 4.80 Å². The molecule has 0 saturated carbocycles. The van der Waals surface area contributed by atoms with Crippen LogP contribution < -0.4 is 24.9 Å². The van der Waals surface area contributed by atoms with Gasteiger partial charge in [0.2, 0.25) is 0 Å². The minimum absolute atomic E-state index is 0.220. The number of carbonyl (C=O) groups is 1. The van der Waals surface area contributed by atoms with Crippen molar-refractivity contribution in [2.24, 2.45) is 4.99 Å². The van der Waals surface area contributed by atoms with Crippen molar-refractivity contribution in [1.29, 1.82) is 0 Å². The molecule has 0 spiro atoms. The first-order valence-corrected chi connectivity index (χ1v) is 11.8. The van der Waals surface area contributed by atoms with Gasteiger partial charge >= 0.3 is 0 Å². The molecule has 0 fully saturated rings. The van der Waals surface area contributed by atoms with Crippen LogP contribution in [-0.2, 0) is 4.79 Å². The Morgan fingerprint density at radius 3 is 2.69 bits per heavy atom. The van der Waals surface area contributed by atoms with E-state index in [2.05, 4.69) is 15.3 Å². The number of pyridine rings is 1. The van der Waals surface area contributed by atoms with Crippen LogP contribution in [-0.4, -0.2) is 22.6 Å². The molecule has 1 N–H and O–H groups in total. The van der Waals surface area contributed by atoms with E-state index < -0.39 is 6.04 Å². The Hall–Kier alpha value is -4.30. The summed E-state index contributed by atoms with van der Waals surface area (Å²) in [5.74, 6) is 0.323. The molecule has 7 nitrogen and oxygen atoms in total. The van der Waals surface area contributed by atoms with E-state index in [9.17, 15) is 9.59 Å². The molecule has 35 heavy (non-hydrogen) atoms. The quantitative estimate of drug-likeness (QED) is 0.473. The highest BCUT2D eigenvalue weighted by atomic mass is 32.1. The summed E-state index contributed by atoms with van der Waals surface area (Å²) in [4.78, 5) is 36.5. The molecular weight excluding hydrogens is 460 g/mol. The Kier molecular flexibility index (Phi) is 6.12. The van der Waals surface area contributed by atoms with Crippen molar-refractivity contribution in [1.82, 2.24) is 9.55 Å². The second kappa shape index (κ2) is 9.52. The van der Waals surface area contributed by atoms with Crippen molar-refractivity contribution >= 4 is 29.0 Å². The molecule has 174 valence electrons. The predicted molar refractivity (Wildman–Crippen MR) is 136 cm³/mol. The molecule has 0 bridgehead atoms. The number of rotatable bonds is 5. The molecular formula is C27H22N4O3S. The average molecular weight is 483 g/mol. The van der Waals surface area contributed by atoms with Crippen LogP contribution in [0.1, 0.15) is 24.1 Å². The van der Waals surface area contributed by atoms with Crippen molar-refractivity contribution in [2.45, 2.75) is 13.0 Å². The van der Waals surface area contributed by atoms with Crippen LogP contribution in [0.25, 0.3) is 6.08 Å². The Morgan fingerprint density at radius 2 is 1.94 bits per heavy atom. The van der Waals surface area contributed by atoms with Crippen molar-refractivity contribution in [3.05, 3.63) is 121 Å². The van der Waals surface area contributed by atoms with E-state index in [-0.39, 0.29) is 11.5 Å². The summed E-state index contributed by atoms with van der Waals surface area (Å²) in [7, 11) is 1.59. The second-order valence-electron chi connectivity index (χ2n) is 7.96. The lowest BCUT2D eigenvalue weighted by molar-refractivity contribution is -0.113. The number of allylic oxidation sites excluding steroid dienone is 1. The number of nitrogens with one attached hydrogen (secondary N) is 1. The molecule has 0 saturated heterocycles. The first-order valence-electron chi connectivity index (χ1n) is 11.0. The van der Waals surface area contributed by atoms with Crippen molar-refractivity contribution in [3.8, 4) is 5.75 Å². The van der Waals surface area contributed by atoms with Gasteiger partial charge in [-0.05, 0) is 54.5 Å². The largest absolute Gasteiger partial charge is 0.497 e. The Morgan fingerprint density at radius 1 is 1.11 bits per heavy atom. The van der Waals surface area contributed by atoms with Gasteiger partial charge in [0.25, 0.3) is 11.5 Å². The number of anilines is 1. The van der Waals surface area contributed by atoms with Gasteiger partial charge in [-0.3, -0.25) is 19.1 Å². The highest BCUT2D eigenvalue weighted by Crippen LogP contribution is 2.32. The number of ether oxygens (including phenoxy) is 1. The number of hydrogen-bond donors (Lipinski definition) is 1. The third-order valence-electron chi connectivity index (χ3n) is 5.69. The number of carbonyl (C=O) groups excluding carboxylic acids is 1. The molecule has 1 aliphatic rings. The topological polar surface area (TPSA) is 85.6 Å². The van der Waals surface area contributed by atoms with E-state index in [1.807, 2.05) is 66.7 Å². The van der Waals surface area contributed by atoms with Gasteiger partial charge in [-0.15, -0.1) is 0 Å². The number of benzene rings is 2. The zero-order chi connectivity index (χ0) is 24.4. The van der Waals surface area contributed by atoms with Crippen LogP contribution in [0.4, 0.5) is 5.69 Å². The number of nitrogens with zero attached hydrogens (tertiary/aromatic N) is 3. The Bertz CT molecular complexity index is 1610. The van der Waals surface area contributed by atoms with Crippen LogP contribution in [0.5, 0.6) is 5.75 Å². The van der Waals surface area contributed by atoms with E-state index in [0.717, 1.165) is 11.1 Å². The highest BCUT2D eigenvalue weighted by molar-refractivity contribution is 7.07. The molecule has 1 atom stereocenters. The number of methoxy groups -OCH3 is 1. The fourth-order valence-electron chi connectivity index (χ4n) is 4.07. The normalized spacial score (nSPS) is 15.4. The molecule has 4 aromatic rings. The molecule has 0 aliphatic carbocycles. The highest BCUT2D eigenvalue weighted by Gasteiger charge is 2.32. The fraction of sp³-hybridized carbons (Fsp3) is 0.111. The number of para-hydroxylation sites is 1. The summed E-state index contributed by atoms with van der Waals surface area (Å²) < 4.78 is 7.54. The summed E-state index contributed by atoms with van der Waals surface area (Å²) in [5.41, 5.74) is 2.97. The molecule has 1 aliphatic heterocycles. The van der Waals surface area contributed by atoms with Gasteiger partial charge in [0, 0.05) is 18.1 Å². The van der Waals surface area contributed by atoms with Crippen molar-refractivity contribution in [3.63, 3.8) is 0 Å². The lowest BCUT2D eigenvalue weighted by Gasteiger charge is -2.25. The molecule has 0 unspecified atom stereocenters. The number of aromatic nitrogens is 2. The smallest absolute Gasteiger partial charge is 0.271 e. The third kappa shape index (κ3) is 4.43. The second-order valence-corrected chi connectivity index (χ2v) is 8.97. The molecule has 2 aromatic carbocycles. The van der Waals surface area contributed by atoms with Crippen LogP contribution in [0.15, 0.2) is 100 Å². The summed E-state index contributed by atoms with van der Waals surface area (Å²) in [6, 6.07) is 19.7. The SMILES string of the molecule is COc1cccc([C@@H]2C(C(=O)Nc3ccccc3)=C(C)N=c3s/c(=C\c4cccnc4)c(=O)n32)c1. The number of thiazole rings is 1. The van der Waals surface area contributed by atoms with Gasteiger partial charge in [0.05, 0.1) is 29.0 Å². The van der Waals surface area contributed by atoms with E-state index in [1.54, 1.807) is 37.1 Å². The first-order chi connectivity index (χ1) is 17.0. The predicted octanol–water partition coefficient (Wildman–Crippen LogP) is 3.28. The molecule has 2 aromatic heterocycles. The Balaban J connectivity index is 1.69. The fourth-order valence-corrected chi connectivity index (χ4v) is 5.12. The van der Waals surface area contributed by atoms with Gasteiger partial charge in [-0.2, -0.15) is 0 Å². The number of hydrogen-bond acceptors (Lipinski definition) is 6. The molecule has 5 rings (SSSR count). The summed E-state index contributed by atoms with van der Waals surface area (Å²) in [6.45, 7) is 1.80. The van der Waals surface area contributed by atoms with Crippen LogP contribution in [0.3, 0.4) is 0 Å². The standard InChI is InChI=1S/C27H22N4O3S/c1-17-23(25(32)30-20-10-4-3-5-11-20)24(19-9-6-12-21(15-19)34-2)31-26(33)22(35-27(31)29-17)14-18-8-7-13-28-16-18/h3-16,24H,1-2H3,(H,30,32)/b22-14-/t24-/m1/s1. The average Bonchev–Trinajstić information content (AvgIpc) is 3.18. The molecule has 1 amide bonds.